The number of aromatic amines is 1. The van der Waals surface area contributed by atoms with Crippen LogP contribution < -0.4 is 5.32 Å². The second-order valence-electron chi connectivity index (χ2n) is 4.33. The number of furan rings is 1. The van der Waals surface area contributed by atoms with E-state index in [9.17, 15) is 4.79 Å². The van der Waals surface area contributed by atoms with Crippen LogP contribution in [0.4, 0.5) is 0 Å². The Morgan fingerprint density at radius 1 is 1.37 bits per heavy atom. The van der Waals surface area contributed by atoms with Gasteiger partial charge >= 0.3 is 0 Å². The lowest BCUT2D eigenvalue weighted by Crippen LogP contribution is -2.22. The molecule has 0 fully saturated rings. The van der Waals surface area contributed by atoms with Crippen molar-refractivity contribution in [3.8, 4) is 0 Å². The average molecular weight is 255 g/mol. The van der Waals surface area contributed by atoms with Gasteiger partial charge in [-0.2, -0.15) is 0 Å². The number of fused-ring (bicyclic) bond motifs is 1. The minimum absolute atomic E-state index is 0.134. The Kier molecular flexibility index (Phi) is 2.79. The first kappa shape index (κ1) is 11.5. The molecule has 1 aromatic carbocycles. The van der Waals surface area contributed by atoms with Gasteiger partial charge in [-0.3, -0.25) is 4.79 Å². The third-order valence-electron chi connectivity index (χ3n) is 2.90. The van der Waals surface area contributed by atoms with E-state index in [1.54, 1.807) is 18.5 Å². The lowest BCUT2D eigenvalue weighted by atomic mass is 10.2. The largest absolute Gasteiger partial charge is 0.465 e. The molecule has 5 nitrogen and oxygen atoms in total. The Morgan fingerprint density at radius 2 is 2.26 bits per heavy atom. The highest BCUT2D eigenvalue weighted by atomic mass is 16.3. The van der Waals surface area contributed by atoms with E-state index in [4.69, 9.17) is 4.42 Å². The predicted molar refractivity (Wildman–Crippen MR) is 70.7 cm³/mol. The molecule has 0 atom stereocenters. The van der Waals surface area contributed by atoms with Gasteiger partial charge in [0, 0.05) is 5.56 Å². The standard InChI is InChI=1S/C14H13N3O2/c1-9-2-4-11(19-9)7-15-14(18)10-3-5-12-13(6-10)17-8-16-12/h2-6,8H,7H2,1H3,(H,15,18)(H,16,17). The van der Waals surface area contributed by atoms with Gasteiger partial charge in [0.05, 0.1) is 23.9 Å². The Bertz CT molecular complexity index is 727. The minimum atomic E-state index is -0.134. The number of aromatic nitrogens is 2. The van der Waals surface area contributed by atoms with Gasteiger partial charge in [-0.25, -0.2) is 4.98 Å². The van der Waals surface area contributed by atoms with E-state index in [-0.39, 0.29) is 5.91 Å². The number of hydrogen-bond acceptors (Lipinski definition) is 3. The third kappa shape index (κ3) is 2.35. The van der Waals surface area contributed by atoms with Gasteiger partial charge in [-0.05, 0) is 37.3 Å². The number of rotatable bonds is 3. The number of imidazole rings is 1. The lowest BCUT2D eigenvalue weighted by Gasteiger charge is -2.03. The number of nitrogens with zero attached hydrogens (tertiary/aromatic N) is 1. The van der Waals surface area contributed by atoms with Crippen LogP contribution in [0.25, 0.3) is 11.0 Å². The molecule has 2 N–H and O–H groups in total. The molecule has 5 heteroatoms. The van der Waals surface area contributed by atoms with Crippen molar-refractivity contribution < 1.29 is 9.21 Å². The SMILES string of the molecule is Cc1ccc(CNC(=O)c2ccc3nc[nH]c3c2)o1. The Hall–Kier alpha value is -2.56. The molecule has 0 bridgehead atoms. The van der Waals surface area contributed by atoms with Crippen LogP contribution >= 0.6 is 0 Å². The molecule has 1 amide bonds. The Morgan fingerprint density at radius 3 is 3.05 bits per heavy atom. The zero-order valence-electron chi connectivity index (χ0n) is 10.4. The summed E-state index contributed by atoms with van der Waals surface area (Å²) in [4.78, 5) is 19.1. The van der Waals surface area contributed by atoms with E-state index in [2.05, 4.69) is 15.3 Å². The van der Waals surface area contributed by atoms with Crippen molar-refractivity contribution in [2.75, 3.05) is 0 Å². The van der Waals surface area contributed by atoms with Crippen molar-refractivity contribution in [2.45, 2.75) is 13.5 Å². The maximum atomic E-state index is 12.0. The zero-order valence-corrected chi connectivity index (χ0v) is 10.4. The van der Waals surface area contributed by atoms with E-state index in [1.165, 1.54) is 0 Å². The van der Waals surface area contributed by atoms with Crippen LogP contribution in [0.1, 0.15) is 21.9 Å². The molecule has 19 heavy (non-hydrogen) atoms. The zero-order chi connectivity index (χ0) is 13.2. The van der Waals surface area contributed by atoms with Gasteiger partial charge < -0.3 is 14.7 Å². The summed E-state index contributed by atoms with van der Waals surface area (Å²) in [7, 11) is 0. The second kappa shape index (κ2) is 4.61. The van der Waals surface area contributed by atoms with Crippen LogP contribution in [-0.2, 0) is 6.54 Å². The summed E-state index contributed by atoms with van der Waals surface area (Å²) >= 11 is 0. The summed E-state index contributed by atoms with van der Waals surface area (Å²) in [5, 5.41) is 2.82. The first-order valence-corrected chi connectivity index (χ1v) is 5.99. The van der Waals surface area contributed by atoms with Crippen molar-refractivity contribution in [3.63, 3.8) is 0 Å². The van der Waals surface area contributed by atoms with E-state index < -0.39 is 0 Å². The molecular formula is C14H13N3O2. The highest BCUT2D eigenvalue weighted by Gasteiger charge is 2.08. The Balaban J connectivity index is 1.72. The van der Waals surface area contributed by atoms with Crippen LogP contribution in [0.3, 0.4) is 0 Å². The van der Waals surface area contributed by atoms with E-state index >= 15 is 0 Å². The number of hydrogen-bond donors (Lipinski definition) is 2. The molecular weight excluding hydrogens is 242 g/mol. The molecule has 0 spiro atoms. The highest BCUT2D eigenvalue weighted by molar-refractivity contribution is 5.97. The number of aryl methyl sites for hydroxylation is 1. The molecule has 0 unspecified atom stereocenters. The van der Waals surface area contributed by atoms with Crippen molar-refractivity contribution >= 4 is 16.9 Å². The van der Waals surface area contributed by atoms with Crippen molar-refractivity contribution in [2.24, 2.45) is 0 Å². The fourth-order valence-corrected chi connectivity index (χ4v) is 1.93. The summed E-state index contributed by atoms with van der Waals surface area (Å²) < 4.78 is 5.40. The van der Waals surface area contributed by atoms with E-state index in [1.807, 2.05) is 25.1 Å². The number of amides is 1. The normalized spacial score (nSPS) is 10.8. The van der Waals surface area contributed by atoms with Crippen LogP contribution in [-0.4, -0.2) is 15.9 Å². The molecule has 96 valence electrons. The maximum Gasteiger partial charge on any atom is 0.251 e. The summed E-state index contributed by atoms with van der Waals surface area (Å²) in [5.41, 5.74) is 2.29. The van der Waals surface area contributed by atoms with E-state index in [0.29, 0.717) is 12.1 Å². The molecule has 2 aromatic heterocycles. The summed E-state index contributed by atoms with van der Waals surface area (Å²) in [6, 6.07) is 9.08. The number of carbonyl (C=O) groups excluding carboxylic acids is 1. The minimum Gasteiger partial charge on any atom is -0.465 e. The van der Waals surface area contributed by atoms with Crippen LogP contribution in [0, 0.1) is 6.92 Å². The smallest absolute Gasteiger partial charge is 0.251 e. The van der Waals surface area contributed by atoms with Crippen molar-refractivity contribution in [1.29, 1.82) is 0 Å². The molecule has 0 saturated heterocycles. The molecule has 2 heterocycles. The van der Waals surface area contributed by atoms with Gasteiger partial charge in [0.2, 0.25) is 0 Å². The fourth-order valence-electron chi connectivity index (χ4n) is 1.93. The maximum absolute atomic E-state index is 12.0. The highest BCUT2D eigenvalue weighted by Crippen LogP contribution is 2.12. The number of H-pyrrole nitrogens is 1. The molecule has 0 aliphatic carbocycles. The molecule has 0 radical (unpaired) electrons. The van der Waals surface area contributed by atoms with Gasteiger partial charge in [0.15, 0.2) is 0 Å². The third-order valence-corrected chi connectivity index (χ3v) is 2.90. The average Bonchev–Trinajstić information content (AvgIpc) is 3.03. The fraction of sp³-hybridized carbons (Fsp3) is 0.143. The van der Waals surface area contributed by atoms with E-state index in [0.717, 1.165) is 22.6 Å². The number of carbonyl (C=O) groups is 1. The van der Waals surface area contributed by atoms with Gasteiger partial charge in [0.1, 0.15) is 11.5 Å². The van der Waals surface area contributed by atoms with Crippen LogP contribution in [0.5, 0.6) is 0 Å². The quantitative estimate of drug-likeness (QED) is 0.755. The summed E-state index contributed by atoms with van der Waals surface area (Å²) in [5.74, 6) is 1.45. The van der Waals surface area contributed by atoms with Gasteiger partial charge in [-0.15, -0.1) is 0 Å². The number of nitrogens with one attached hydrogen (secondary N) is 2. The first-order chi connectivity index (χ1) is 9.22. The second-order valence-corrected chi connectivity index (χ2v) is 4.33. The molecule has 0 aliphatic rings. The topological polar surface area (TPSA) is 70.9 Å². The van der Waals surface area contributed by atoms with Crippen molar-refractivity contribution in [1.82, 2.24) is 15.3 Å². The molecule has 0 saturated carbocycles. The number of benzene rings is 1. The molecule has 0 aliphatic heterocycles. The molecule has 3 rings (SSSR count). The lowest BCUT2D eigenvalue weighted by molar-refractivity contribution is 0.0948. The summed E-state index contributed by atoms with van der Waals surface area (Å²) in [6.45, 7) is 2.26. The Labute approximate surface area is 109 Å². The monoisotopic (exact) mass is 255 g/mol. The first-order valence-electron chi connectivity index (χ1n) is 5.99. The molecule has 3 aromatic rings. The van der Waals surface area contributed by atoms with Gasteiger partial charge in [-0.1, -0.05) is 0 Å². The predicted octanol–water partition coefficient (Wildman–Crippen LogP) is 2.39. The van der Waals surface area contributed by atoms with Crippen LogP contribution in [0.2, 0.25) is 0 Å². The van der Waals surface area contributed by atoms with Crippen LogP contribution in [0.15, 0.2) is 41.1 Å². The van der Waals surface area contributed by atoms with Crippen molar-refractivity contribution in [3.05, 3.63) is 53.7 Å². The van der Waals surface area contributed by atoms with Gasteiger partial charge in [0.25, 0.3) is 5.91 Å². The summed E-state index contributed by atoms with van der Waals surface area (Å²) in [6.07, 6.45) is 1.61.